The van der Waals surface area contributed by atoms with Gasteiger partial charge in [-0.2, -0.15) is 5.10 Å². The first-order valence-corrected chi connectivity index (χ1v) is 11.1. The average Bonchev–Trinajstić information content (AvgIpc) is 3.46. The van der Waals surface area contributed by atoms with Crippen LogP contribution in [0.3, 0.4) is 0 Å². The normalized spacial score (nSPS) is 27.5. The molecule has 3 aromatic heterocycles. The zero-order valence-corrected chi connectivity index (χ0v) is 17.9. The van der Waals surface area contributed by atoms with Gasteiger partial charge in [0.05, 0.1) is 29.6 Å². The third kappa shape index (κ3) is 3.12. The first-order chi connectivity index (χ1) is 14.9. The summed E-state index contributed by atoms with van der Waals surface area (Å²) in [6.07, 6.45) is 12.2. The molecule has 3 fully saturated rings. The number of rotatable bonds is 5. The number of carbonyl (C=O) groups excluding carboxylic acids is 1. The molecule has 3 aliphatic rings. The molecule has 0 unspecified atom stereocenters. The van der Waals surface area contributed by atoms with Gasteiger partial charge < -0.3 is 19.2 Å². The second-order valence-corrected chi connectivity index (χ2v) is 9.64. The van der Waals surface area contributed by atoms with Crippen molar-refractivity contribution in [2.45, 2.75) is 62.6 Å². The lowest BCUT2D eigenvalue weighted by atomic mass is 9.84. The fourth-order valence-electron chi connectivity index (χ4n) is 5.12. The Morgan fingerprint density at radius 2 is 2.19 bits per heavy atom. The summed E-state index contributed by atoms with van der Waals surface area (Å²) in [5.74, 6) is 0.862. The van der Waals surface area contributed by atoms with Gasteiger partial charge in [0, 0.05) is 43.2 Å². The van der Waals surface area contributed by atoms with Gasteiger partial charge in [0.15, 0.2) is 5.82 Å². The maximum Gasteiger partial charge on any atom is 0.262 e. The maximum atomic E-state index is 13.1. The van der Waals surface area contributed by atoms with Gasteiger partial charge in [-0.05, 0) is 45.4 Å². The van der Waals surface area contributed by atoms with Gasteiger partial charge in [-0.15, -0.1) is 0 Å². The predicted octanol–water partition coefficient (Wildman–Crippen LogP) is 3.46. The lowest BCUT2D eigenvalue weighted by molar-refractivity contribution is -0.00627. The van der Waals surface area contributed by atoms with E-state index in [1.165, 1.54) is 0 Å². The number of nitrogens with zero attached hydrogens (tertiary/aromatic N) is 4. The van der Waals surface area contributed by atoms with Crippen LogP contribution in [0, 0.1) is 0 Å². The fraction of sp³-hybridized carbons (Fsp3) is 0.522. The lowest BCUT2D eigenvalue weighted by Crippen LogP contribution is -2.26. The Bertz CT molecular complexity index is 1170. The second kappa shape index (κ2) is 6.56. The average molecular weight is 422 g/mol. The quantitative estimate of drug-likeness (QED) is 0.682. The molecule has 162 valence electrons. The molecule has 1 amide bonds. The summed E-state index contributed by atoms with van der Waals surface area (Å²) in [6.45, 7) is 2.91. The molecule has 31 heavy (non-hydrogen) atoms. The molecule has 8 nitrogen and oxygen atoms in total. The van der Waals surface area contributed by atoms with Gasteiger partial charge in [0.2, 0.25) is 0 Å². The van der Waals surface area contributed by atoms with Gasteiger partial charge in [-0.1, -0.05) is 0 Å². The molecule has 6 rings (SSSR count). The standard InChI is InChI=1S/C23H27N5O3/c1-22-7-8-23(13-22,14-30-22)18-12-28-11-16(21(29)25-19-6-9-27(2)26-19)17(10-20(28)24-18)31-15-4-3-5-15/h6,9-12,15H,3-5,7-8,13-14H2,1-2H3,(H,25,26,29)/t22-,23-/m0/s1. The highest BCUT2D eigenvalue weighted by atomic mass is 16.5. The van der Waals surface area contributed by atoms with Crippen LogP contribution >= 0.6 is 0 Å². The summed E-state index contributed by atoms with van der Waals surface area (Å²) in [5, 5.41) is 7.14. The molecular formula is C23H27N5O3. The third-order valence-corrected chi connectivity index (χ3v) is 7.19. The summed E-state index contributed by atoms with van der Waals surface area (Å²) in [5.41, 5.74) is 2.29. The minimum Gasteiger partial charge on any atom is -0.489 e. The summed E-state index contributed by atoms with van der Waals surface area (Å²) in [4.78, 5) is 18.1. The molecule has 4 heterocycles. The highest BCUT2D eigenvalue weighted by Crippen LogP contribution is 2.53. The molecule has 2 saturated carbocycles. The molecule has 2 atom stereocenters. The van der Waals surface area contributed by atoms with Crippen LogP contribution in [-0.2, 0) is 17.2 Å². The van der Waals surface area contributed by atoms with Crippen molar-refractivity contribution < 1.29 is 14.3 Å². The fourth-order valence-corrected chi connectivity index (χ4v) is 5.12. The monoisotopic (exact) mass is 421 g/mol. The highest BCUT2D eigenvalue weighted by molar-refractivity contribution is 6.05. The van der Waals surface area contributed by atoms with E-state index in [1.807, 2.05) is 23.7 Å². The molecule has 1 saturated heterocycles. The van der Waals surface area contributed by atoms with Gasteiger partial charge >= 0.3 is 0 Å². The van der Waals surface area contributed by atoms with Crippen molar-refractivity contribution in [3.05, 3.63) is 42.0 Å². The van der Waals surface area contributed by atoms with Crippen LogP contribution in [0.1, 0.15) is 61.5 Å². The molecule has 1 N–H and O–H groups in total. The molecular weight excluding hydrogens is 394 g/mol. The van der Waals surface area contributed by atoms with Crippen LogP contribution in [-0.4, -0.2) is 43.4 Å². The summed E-state index contributed by atoms with van der Waals surface area (Å²) < 4.78 is 15.9. The number of aryl methyl sites for hydroxylation is 1. The number of aromatic nitrogens is 4. The Kier molecular flexibility index (Phi) is 3.99. The van der Waals surface area contributed by atoms with Crippen molar-refractivity contribution in [1.82, 2.24) is 19.2 Å². The van der Waals surface area contributed by atoms with Crippen LogP contribution in [0.5, 0.6) is 5.75 Å². The number of anilines is 1. The minimum absolute atomic E-state index is 0.0217. The highest BCUT2D eigenvalue weighted by Gasteiger charge is 2.55. The van der Waals surface area contributed by atoms with E-state index < -0.39 is 0 Å². The number of hydrogen-bond donors (Lipinski definition) is 1. The Hall–Kier alpha value is -2.87. The Morgan fingerprint density at radius 3 is 2.81 bits per heavy atom. The van der Waals surface area contributed by atoms with Crippen molar-refractivity contribution in [2.75, 3.05) is 11.9 Å². The van der Waals surface area contributed by atoms with Gasteiger partial charge in [-0.3, -0.25) is 9.48 Å². The van der Waals surface area contributed by atoms with Crippen LogP contribution in [0.25, 0.3) is 5.65 Å². The molecule has 3 aromatic rings. The number of hydrogen-bond acceptors (Lipinski definition) is 5. The Morgan fingerprint density at radius 1 is 1.32 bits per heavy atom. The van der Waals surface area contributed by atoms with Gasteiger partial charge in [0.1, 0.15) is 11.4 Å². The van der Waals surface area contributed by atoms with E-state index in [4.69, 9.17) is 14.5 Å². The maximum absolute atomic E-state index is 13.1. The van der Waals surface area contributed by atoms with E-state index in [0.717, 1.165) is 49.9 Å². The Labute approximate surface area is 180 Å². The summed E-state index contributed by atoms with van der Waals surface area (Å²) in [6, 6.07) is 3.67. The van der Waals surface area contributed by atoms with Crippen molar-refractivity contribution >= 4 is 17.4 Å². The van der Waals surface area contributed by atoms with Gasteiger partial charge in [-0.25, -0.2) is 4.98 Å². The van der Waals surface area contributed by atoms with Crippen LogP contribution in [0.4, 0.5) is 5.82 Å². The van der Waals surface area contributed by atoms with Crippen LogP contribution in [0.15, 0.2) is 30.7 Å². The molecule has 2 bridgehead atoms. The van der Waals surface area contributed by atoms with E-state index in [1.54, 1.807) is 16.9 Å². The number of imidazole rings is 1. The van der Waals surface area contributed by atoms with E-state index in [0.29, 0.717) is 23.7 Å². The first kappa shape index (κ1) is 18.9. The molecule has 2 aliphatic carbocycles. The number of carbonyl (C=O) groups is 1. The van der Waals surface area contributed by atoms with Crippen molar-refractivity contribution in [2.24, 2.45) is 7.05 Å². The minimum atomic E-state index is -0.235. The zero-order valence-electron chi connectivity index (χ0n) is 17.9. The number of nitrogens with one attached hydrogen (secondary N) is 1. The number of pyridine rings is 1. The van der Waals surface area contributed by atoms with Gasteiger partial charge in [0.25, 0.3) is 5.91 Å². The van der Waals surface area contributed by atoms with Crippen molar-refractivity contribution in [1.29, 1.82) is 0 Å². The number of fused-ring (bicyclic) bond motifs is 3. The van der Waals surface area contributed by atoms with Crippen molar-refractivity contribution in [3.8, 4) is 5.75 Å². The topological polar surface area (TPSA) is 82.7 Å². The van der Waals surface area contributed by atoms with E-state index in [9.17, 15) is 4.79 Å². The number of amides is 1. The third-order valence-electron chi connectivity index (χ3n) is 7.19. The number of ether oxygens (including phenoxy) is 2. The van der Waals surface area contributed by atoms with Crippen molar-refractivity contribution in [3.63, 3.8) is 0 Å². The SMILES string of the molecule is Cn1ccc(NC(=O)c2cn3cc([C@@]45CC[C@@](C)(C4)OC5)nc3cc2OC2CCC2)n1. The van der Waals surface area contributed by atoms with E-state index in [2.05, 4.69) is 23.5 Å². The van der Waals surface area contributed by atoms with Crippen LogP contribution < -0.4 is 10.1 Å². The zero-order chi connectivity index (χ0) is 21.2. The molecule has 8 heteroatoms. The lowest BCUT2D eigenvalue weighted by Gasteiger charge is -2.27. The summed E-state index contributed by atoms with van der Waals surface area (Å²) >= 11 is 0. The smallest absolute Gasteiger partial charge is 0.262 e. The molecule has 0 aromatic carbocycles. The molecule has 0 radical (unpaired) electrons. The predicted molar refractivity (Wildman–Crippen MR) is 115 cm³/mol. The van der Waals surface area contributed by atoms with E-state index >= 15 is 0 Å². The second-order valence-electron chi connectivity index (χ2n) is 9.64. The molecule has 0 spiro atoms. The first-order valence-electron chi connectivity index (χ1n) is 11.1. The molecule has 1 aliphatic heterocycles. The Balaban J connectivity index is 1.38. The summed E-state index contributed by atoms with van der Waals surface area (Å²) in [7, 11) is 1.82. The van der Waals surface area contributed by atoms with E-state index in [-0.39, 0.29) is 23.0 Å². The van der Waals surface area contributed by atoms with Crippen LogP contribution in [0.2, 0.25) is 0 Å². The largest absolute Gasteiger partial charge is 0.489 e.